The van der Waals surface area contributed by atoms with E-state index in [9.17, 15) is 28.8 Å². The van der Waals surface area contributed by atoms with Crippen LogP contribution in [0.2, 0.25) is 0 Å². The van der Waals surface area contributed by atoms with E-state index in [1.165, 1.54) is 6.92 Å². The second-order valence-electron chi connectivity index (χ2n) is 11.8. The second kappa shape index (κ2) is 23.7. The lowest BCUT2D eigenvalue weighted by molar-refractivity contribution is -0.150. The molecule has 0 aromatic heterocycles. The number of nitrogens with one attached hydrogen (secondary N) is 3. The van der Waals surface area contributed by atoms with Gasteiger partial charge in [-0.3, -0.25) is 19.3 Å². The highest BCUT2D eigenvalue weighted by atomic mass is 16.6. The Morgan fingerprint density at radius 1 is 0.587 bits per heavy atom. The van der Waals surface area contributed by atoms with E-state index in [0.717, 1.165) is 0 Å². The number of hydrogen-bond acceptors (Lipinski definition) is 14. The second-order valence-corrected chi connectivity index (χ2v) is 11.8. The summed E-state index contributed by atoms with van der Waals surface area (Å²) in [7, 11) is 0. The molecule has 266 valence electrons. The van der Waals surface area contributed by atoms with Crippen LogP contribution >= 0.6 is 0 Å². The molecule has 17 heteroatoms. The molecule has 0 heterocycles. The molecule has 0 aliphatic carbocycles. The Kier molecular flexibility index (Phi) is 21.9. The average Bonchev–Trinajstić information content (AvgIpc) is 2.90. The van der Waals surface area contributed by atoms with E-state index in [1.54, 1.807) is 46.4 Å². The molecule has 0 aromatic rings. The Morgan fingerprint density at radius 3 is 1.61 bits per heavy atom. The van der Waals surface area contributed by atoms with Crippen molar-refractivity contribution in [2.24, 2.45) is 0 Å². The molecule has 0 saturated carbocycles. The predicted molar refractivity (Wildman–Crippen MR) is 163 cm³/mol. The zero-order valence-electron chi connectivity index (χ0n) is 28.2. The van der Waals surface area contributed by atoms with Crippen LogP contribution in [0.4, 0.5) is 9.59 Å². The zero-order chi connectivity index (χ0) is 35.0. The van der Waals surface area contributed by atoms with E-state index < -0.39 is 47.8 Å². The summed E-state index contributed by atoms with van der Waals surface area (Å²) in [5.41, 5.74) is -1.27. The molecule has 46 heavy (non-hydrogen) atoms. The number of rotatable bonds is 23. The van der Waals surface area contributed by atoms with Crippen LogP contribution in [0.3, 0.4) is 0 Å². The lowest BCUT2D eigenvalue weighted by Crippen LogP contribution is -2.38. The monoisotopic (exact) mass is 664 g/mol. The molecule has 3 N–H and O–H groups in total. The minimum atomic E-state index is -0.748. The van der Waals surface area contributed by atoms with E-state index in [0.29, 0.717) is 26.4 Å². The smallest absolute Gasteiger partial charge is 0.408 e. The highest BCUT2D eigenvalue weighted by Crippen LogP contribution is 2.07. The van der Waals surface area contributed by atoms with Gasteiger partial charge in [0, 0.05) is 26.2 Å². The van der Waals surface area contributed by atoms with E-state index in [4.69, 9.17) is 33.2 Å². The molecule has 0 atom stereocenters. The van der Waals surface area contributed by atoms with Gasteiger partial charge in [0.15, 0.2) is 0 Å². The Morgan fingerprint density at radius 2 is 1.09 bits per heavy atom. The van der Waals surface area contributed by atoms with Crippen LogP contribution in [0.25, 0.3) is 0 Å². The summed E-state index contributed by atoms with van der Waals surface area (Å²) in [6, 6.07) is 0. The van der Waals surface area contributed by atoms with Gasteiger partial charge < -0.3 is 49.1 Å². The van der Waals surface area contributed by atoms with Gasteiger partial charge in [-0.2, -0.15) is 0 Å². The number of ether oxygens (including phenoxy) is 7. The summed E-state index contributed by atoms with van der Waals surface area (Å²) in [4.78, 5) is 71.9. The first-order valence-corrected chi connectivity index (χ1v) is 14.9. The molecule has 0 aliphatic heterocycles. The maximum atomic E-state index is 11.9. The van der Waals surface area contributed by atoms with Crippen molar-refractivity contribution in [1.82, 2.24) is 20.9 Å². The summed E-state index contributed by atoms with van der Waals surface area (Å²) in [5, 5.41) is 7.44. The van der Waals surface area contributed by atoms with Crippen LogP contribution in [-0.2, 0) is 52.3 Å². The molecule has 0 aromatic carbocycles. The molecule has 0 spiro atoms. The van der Waals surface area contributed by atoms with E-state index in [2.05, 4.69) is 16.0 Å². The van der Waals surface area contributed by atoms with E-state index >= 15 is 0 Å². The molecular weight excluding hydrogens is 612 g/mol. The highest BCUT2D eigenvalue weighted by molar-refractivity contribution is 5.79. The van der Waals surface area contributed by atoms with Crippen molar-refractivity contribution in [2.75, 3.05) is 92.1 Å². The molecule has 0 unspecified atom stereocenters. The molecule has 0 saturated heterocycles. The fourth-order valence-corrected chi connectivity index (χ4v) is 3.12. The Labute approximate surface area is 270 Å². The largest absolute Gasteiger partial charge is 0.463 e. The fourth-order valence-electron chi connectivity index (χ4n) is 3.12. The molecule has 0 aliphatic rings. The van der Waals surface area contributed by atoms with Crippen molar-refractivity contribution in [3.8, 4) is 0 Å². The Bertz CT molecular complexity index is 948. The van der Waals surface area contributed by atoms with Crippen molar-refractivity contribution in [3.05, 3.63) is 0 Å². The number of nitrogens with zero attached hydrogens (tertiary/aromatic N) is 1. The van der Waals surface area contributed by atoms with Gasteiger partial charge >= 0.3 is 24.1 Å². The van der Waals surface area contributed by atoms with Gasteiger partial charge in [-0.05, 0) is 48.5 Å². The van der Waals surface area contributed by atoms with Gasteiger partial charge in [-0.25, -0.2) is 14.4 Å². The predicted octanol–water partition coefficient (Wildman–Crippen LogP) is 0.179. The summed E-state index contributed by atoms with van der Waals surface area (Å²) >= 11 is 0. The third-order valence-electron chi connectivity index (χ3n) is 4.87. The molecule has 0 rings (SSSR count). The first kappa shape index (κ1) is 42.5. The quantitative estimate of drug-likeness (QED) is 0.0757. The van der Waals surface area contributed by atoms with E-state index in [1.807, 2.05) is 0 Å². The molecule has 17 nitrogen and oxygen atoms in total. The first-order valence-electron chi connectivity index (χ1n) is 14.9. The fraction of sp³-hybridized carbons (Fsp3) is 0.793. The Hall–Kier alpha value is -3.54. The number of carbonyl (C=O) groups excluding carboxylic acids is 6. The highest BCUT2D eigenvalue weighted by Gasteiger charge is 2.18. The van der Waals surface area contributed by atoms with Crippen molar-refractivity contribution >= 4 is 35.8 Å². The summed E-state index contributed by atoms with van der Waals surface area (Å²) in [5.74, 6) is -1.95. The normalized spacial score (nSPS) is 11.4. The lowest BCUT2D eigenvalue weighted by Gasteiger charge is -2.21. The van der Waals surface area contributed by atoms with Crippen LogP contribution in [0.15, 0.2) is 0 Å². The lowest BCUT2D eigenvalue weighted by atomic mass is 10.2. The number of esters is 2. The zero-order valence-corrected chi connectivity index (χ0v) is 28.2. The van der Waals surface area contributed by atoms with E-state index in [-0.39, 0.29) is 64.9 Å². The first-order chi connectivity index (χ1) is 21.5. The van der Waals surface area contributed by atoms with Gasteiger partial charge in [0.1, 0.15) is 50.0 Å². The van der Waals surface area contributed by atoms with Crippen LogP contribution in [0.1, 0.15) is 48.5 Å². The standard InChI is InChI=1S/C29H52N4O13/c1-22(34)19-33(10-14-43-24(36)18-32-27(39)46-29(5,6)7)11-15-44-25(37)21-42-20-23(35)30-8-12-40-16-17-41-13-9-31-26(38)45-28(2,3)4/h8-21H2,1-7H3,(H,30,35)(H,31,38)(H,32,39). The third-order valence-corrected chi connectivity index (χ3v) is 4.87. The number of carbonyl (C=O) groups is 6. The van der Waals surface area contributed by atoms with Gasteiger partial charge in [0.05, 0.1) is 33.0 Å². The number of alkyl carbamates (subject to hydrolysis) is 2. The van der Waals surface area contributed by atoms with Gasteiger partial charge in [0.25, 0.3) is 0 Å². The van der Waals surface area contributed by atoms with Crippen molar-refractivity contribution in [3.63, 3.8) is 0 Å². The van der Waals surface area contributed by atoms with Gasteiger partial charge in [-0.1, -0.05) is 0 Å². The van der Waals surface area contributed by atoms with Crippen LogP contribution in [-0.4, -0.2) is 144 Å². The SMILES string of the molecule is CC(=O)CN(CCOC(=O)CNC(=O)OC(C)(C)C)CCOC(=O)COCC(=O)NCCOCCOCCNC(=O)OC(C)(C)C. The number of Topliss-reactive ketones (excluding diaryl/α,β-unsaturated/α-hetero) is 1. The number of hydrogen-bond donors (Lipinski definition) is 3. The summed E-state index contributed by atoms with van der Waals surface area (Å²) < 4.78 is 36.0. The maximum Gasteiger partial charge on any atom is 0.408 e. The van der Waals surface area contributed by atoms with Crippen LogP contribution in [0.5, 0.6) is 0 Å². The molecule has 0 bridgehead atoms. The van der Waals surface area contributed by atoms with Crippen molar-refractivity contribution in [2.45, 2.75) is 59.7 Å². The van der Waals surface area contributed by atoms with Gasteiger partial charge in [-0.15, -0.1) is 0 Å². The van der Waals surface area contributed by atoms with Gasteiger partial charge in [0.2, 0.25) is 5.91 Å². The maximum absolute atomic E-state index is 11.9. The van der Waals surface area contributed by atoms with Crippen molar-refractivity contribution in [1.29, 1.82) is 0 Å². The summed E-state index contributed by atoms with van der Waals surface area (Å²) in [6.45, 7) is 12.6. The summed E-state index contributed by atoms with van der Waals surface area (Å²) in [6.07, 6.45) is -1.26. The third kappa shape index (κ3) is 29.2. The van der Waals surface area contributed by atoms with Crippen molar-refractivity contribution < 1.29 is 61.9 Å². The minimum Gasteiger partial charge on any atom is -0.463 e. The number of amides is 3. The number of ketones is 1. The molecule has 0 radical (unpaired) electrons. The average molecular weight is 665 g/mol. The topological polar surface area (TPSA) is 206 Å². The Balaban J connectivity index is 3.91. The molecule has 3 amide bonds. The van der Waals surface area contributed by atoms with Crippen LogP contribution < -0.4 is 16.0 Å². The molecule has 0 fully saturated rings. The molecular formula is C29H52N4O13. The minimum absolute atomic E-state index is 0.0476. The van der Waals surface area contributed by atoms with Crippen LogP contribution in [0, 0.1) is 0 Å².